The number of nitrogens with one attached hydrogen (secondary N) is 1. The minimum absolute atomic E-state index is 0.191. The number of pyridine rings is 1. The Hall–Kier alpha value is -1.82. The molecule has 16 heavy (non-hydrogen) atoms. The highest BCUT2D eigenvalue weighted by Gasteiger charge is 2.06. The SMILES string of the molecule is Cc1ccnc(Sc2nccc(=O)[nH]2)c1N. The molecule has 2 heterocycles. The molecule has 0 atom stereocenters. The maximum Gasteiger partial charge on any atom is 0.251 e. The third-order valence-corrected chi connectivity index (χ3v) is 2.93. The second kappa shape index (κ2) is 4.36. The number of aromatic nitrogens is 3. The number of nitrogens with zero attached hydrogens (tertiary/aromatic N) is 2. The first-order chi connectivity index (χ1) is 7.66. The molecule has 0 fully saturated rings. The fourth-order valence-electron chi connectivity index (χ4n) is 1.12. The number of nitrogen functional groups attached to an aromatic ring is 1. The minimum Gasteiger partial charge on any atom is -0.396 e. The van der Waals surface area contributed by atoms with Crippen LogP contribution in [-0.2, 0) is 0 Å². The van der Waals surface area contributed by atoms with Gasteiger partial charge < -0.3 is 10.7 Å². The molecule has 0 aliphatic heterocycles. The lowest BCUT2D eigenvalue weighted by Gasteiger charge is -2.05. The Balaban J connectivity index is 2.34. The van der Waals surface area contributed by atoms with Crippen molar-refractivity contribution >= 4 is 17.4 Å². The van der Waals surface area contributed by atoms with E-state index in [9.17, 15) is 4.79 Å². The predicted molar refractivity (Wildman–Crippen MR) is 62.4 cm³/mol. The molecular weight excluding hydrogens is 224 g/mol. The lowest BCUT2D eigenvalue weighted by molar-refractivity contribution is 0.932. The summed E-state index contributed by atoms with van der Waals surface area (Å²) in [5.74, 6) is 0. The van der Waals surface area contributed by atoms with Gasteiger partial charge in [-0.05, 0) is 30.3 Å². The minimum atomic E-state index is -0.191. The third-order valence-electron chi connectivity index (χ3n) is 2.01. The molecule has 2 aromatic rings. The molecule has 2 aromatic heterocycles. The van der Waals surface area contributed by atoms with E-state index in [0.29, 0.717) is 15.9 Å². The van der Waals surface area contributed by atoms with Crippen molar-refractivity contribution in [2.75, 3.05) is 5.73 Å². The van der Waals surface area contributed by atoms with Crippen molar-refractivity contribution in [3.05, 3.63) is 40.4 Å². The molecule has 0 aliphatic rings. The van der Waals surface area contributed by atoms with E-state index < -0.39 is 0 Å². The monoisotopic (exact) mass is 234 g/mol. The van der Waals surface area contributed by atoms with Gasteiger partial charge in [-0.2, -0.15) is 0 Å². The second-order valence-corrected chi connectivity index (χ2v) is 4.17. The fourth-order valence-corrected chi connectivity index (χ4v) is 1.95. The van der Waals surface area contributed by atoms with Gasteiger partial charge in [-0.1, -0.05) is 0 Å². The van der Waals surface area contributed by atoms with E-state index >= 15 is 0 Å². The van der Waals surface area contributed by atoms with Gasteiger partial charge in [0.05, 0.1) is 5.69 Å². The van der Waals surface area contributed by atoms with Crippen LogP contribution in [0.5, 0.6) is 0 Å². The van der Waals surface area contributed by atoms with Crippen LogP contribution in [0.2, 0.25) is 0 Å². The first-order valence-electron chi connectivity index (χ1n) is 4.61. The Morgan fingerprint density at radius 2 is 2.06 bits per heavy atom. The van der Waals surface area contributed by atoms with Crippen LogP contribution in [0.15, 0.2) is 39.5 Å². The Bertz CT molecular complexity index is 567. The van der Waals surface area contributed by atoms with E-state index in [1.54, 1.807) is 6.20 Å². The number of aromatic amines is 1. The average Bonchev–Trinajstić information content (AvgIpc) is 2.25. The molecule has 0 bridgehead atoms. The predicted octanol–water partition coefficient (Wildman–Crippen LogP) is 1.21. The zero-order valence-corrected chi connectivity index (χ0v) is 9.41. The van der Waals surface area contributed by atoms with Gasteiger partial charge in [0.25, 0.3) is 5.56 Å². The molecule has 6 heteroatoms. The van der Waals surface area contributed by atoms with Crippen molar-refractivity contribution < 1.29 is 0 Å². The smallest absolute Gasteiger partial charge is 0.251 e. The largest absolute Gasteiger partial charge is 0.396 e. The van der Waals surface area contributed by atoms with Gasteiger partial charge in [0, 0.05) is 18.5 Å². The summed E-state index contributed by atoms with van der Waals surface area (Å²) < 4.78 is 0. The van der Waals surface area contributed by atoms with Crippen molar-refractivity contribution in [1.29, 1.82) is 0 Å². The van der Waals surface area contributed by atoms with E-state index in [0.717, 1.165) is 5.56 Å². The number of aryl methyl sites for hydroxylation is 1. The summed E-state index contributed by atoms with van der Waals surface area (Å²) in [6.45, 7) is 1.90. The van der Waals surface area contributed by atoms with Crippen LogP contribution < -0.4 is 11.3 Å². The molecule has 0 aromatic carbocycles. The van der Waals surface area contributed by atoms with Gasteiger partial charge in [0.15, 0.2) is 5.16 Å². The van der Waals surface area contributed by atoms with Gasteiger partial charge in [-0.15, -0.1) is 0 Å². The van der Waals surface area contributed by atoms with Gasteiger partial charge in [-0.25, -0.2) is 9.97 Å². The molecule has 0 radical (unpaired) electrons. The van der Waals surface area contributed by atoms with E-state index in [-0.39, 0.29) is 5.56 Å². The number of hydrogen-bond donors (Lipinski definition) is 2. The summed E-state index contributed by atoms with van der Waals surface area (Å²) in [6.07, 6.45) is 3.13. The van der Waals surface area contributed by atoms with Crippen molar-refractivity contribution in [3.8, 4) is 0 Å². The summed E-state index contributed by atoms with van der Waals surface area (Å²) in [6, 6.07) is 3.19. The van der Waals surface area contributed by atoms with Crippen LogP contribution in [0.3, 0.4) is 0 Å². The third kappa shape index (κ3) is 2.22. The average molecular weight is 234 g/mol. The molecular formula is C10H10N4OS. The number of anilines is 1. The molecule has 0 saturated carbocycles. The fraction of sp³-hybridized carbons (Fsp3) is 0.100. The first-order valence-corrected chi connectivity index (χ1v) is 5.43. The number of nitrogens with two attached hydrogens (primary N) is 1. The van der Waals surface area contributed by atoms with Gasteiger partial charge in [0.2, 0.25) is 0 Å². The molecule has 82 valence electrons. The molecule has 0 saturated heterocycles. The van der Waals surface area contributed by atoms with Crippen LogP contribution in [0.4, 0.5) is 5.69 Å². The van der Waals surface area contributed by atoms with Crippen LogP contribution in [0.25, 0.3) is 0 Å². The zero-order valence-electron chi connectivity index (χ0n) is 8.60. The first kappa shape index (κ1) is 10.7. The van der Waals surface area contributed by atoms with E-state index in [1.807, 2.05) is 13.0 Å². The molecule has 0 unspecified atom stereocenters. The summed E-state index contributed by atoms with van der Waals surface area (Å²) >= 11 is 1.24. The number of H-pyrrole nitrogens is 1. The quantitative estimate of drug-likeness (QED) is 0.763. The summed E-state index contributed by atoms with van der Waals surface area (Å²) in [5, 5.41) is 1.13. The van der Waals surface area contributed by atoms with E-state index in [2.05, 4.69) is 15.0 Å². The van der Waals surface area contributed by atoms with E-state index in [1.165, 1.54) is 24.0 Å². The molecule has 5 nitrogen and oxygen atoms in total. The molecule has 0 amide bonds. The normalized spacial score (nSPS) is 10.3. The Labute approximate surface area is 96.1 Å². The molecule has 0 spiro atoms. The molecule has 0 aliphatic carbocycles. The van der Waals surface area contributed by atoms with E-state index in [4.69, 9.17) is 5.73 Å². The lowest BCUT2D eigenvalue weighted by atomic mass is 10.3. The topological polar surface area (TPSA) is 84.7 Å². The highest BCUT2D eigenvalue weighted by molar-refractivity contribution is 7.99. The second-order valence-electron chi connectivity index (χ2n) is 3.19. The highest BCUT2D eigenvalue weighted by atomic mass is 32.2. The standard InChI is InChI=1S/C10H10N4OS/c1-6-2-4-12-9(8(6)11)16-10-13-5-3-7(15)14-10/h2-5H,11H2,1H3,(H,13,14,15). The maximum atomic E-state index is 11.1. The van der Waals surface area contributed by atoms with Crippen molar-refractivity contribution in [1.82, 2.24) is 15.0 Å². The molecule has 3 N–H and O–H groups in total. The summed E-state index contributed by atoms with van der Waals surface area (Å²) in [5.41, 5.74) is 7.24. The number of hydrogen-bond acceptors (Lipinski definition) is 5. The molecule has 2 rings (SSSR count). The Kier molecular flexibility index (Phi) is 2.91. The van der Waals surface area contributed by atoms with Crippen LogP contribution >= 0.6 is 11.8 Å². The van der Waals surface area contributed by atoms with Crippen molar-refractivity contribution in [3.63, 3.8) is 0 Å². The maximum absolute atomic E-state index is 11.1. The zero-order chi connectivity index (χ0) is 11.5. The summed E-state index contributed by atoms with van der Waals surface area (Å²) in [4.78, 5) is 21.8. The van der Waals surface area contributed by atoms with Crippen LogP contribution in [0, 0.1) is 6.92 Å². The van der Waals surface area contributed by atoms with Gasteiger partial charge in [0.1, 0.15) is 5.03 Å². The Morgan fingerprint density at radius 1 is 1.31 bits per heavy atom. The summed E-state index contributed by atoms with van der Waals surface area (Å²) in [7, 11) is 0. The Morgan fingerprint density at radius 3 is 2.81 bits per heavy atom. The highest BCUT2D eigenvalue weighted by Crippen LogP contribution is 2.28. The number of rotatable bonds is 2. The van der Waals surface area contributed by atoms with Gasteiger partial charge in [-0.3, -0.25) is 4.79 Å². The van der Waals surface area contributed by atoms with Crippen LogP contribution in [-0.4, -0.2) is 15.0 Å². The lowest BCUT2D eigenvalue weighted by Crippen LogP contribution is -2.05. The van der Waals surface area contributed by atoms with Crippen LogP contribution in [0.1, 0.15) is 5.56 Å². The van der Waals surface area contributed by atoms with Crippen molar-refractivity contribution in [2.24, 2.45) is 0 Å². The van der Waals surface area contributed by atoms with Crippen molar-refractivity contribution in [2.45, 2.75) is 17.1 Å². The van der Waals surface area contributed by atoms with Gasteiger partial charge >= 0.3 is 0 Å².